The molecule has 2 heteroatoms. The lowest BCUT2D eigenvalue weighted by molar-refractivity contribution is 0.396. The van der Waals surface area contributed by atoms with E-state index in [0.717, 1.165) is 5.88 Å². The van der Waals surface area contributed by atoms with Crippen LogP contribution in [-0.2, 0) is 0 Å². The predicted molar refractivity (Wildman–Crippen MR) is 68.0 cm³/mol. The van der Waals surface area contributed by atoms with Crippen molar-refractivity contribution >= 4 is 0 Å². The zero-order chi connectivity index (χ0) is 11.8. The molecule has 0 aromatic carbocycles. The Balaban J connectivity index is 2.73. The van der Waals surface area contributed by atoms with Crippen LogP contribution in [0, 0.1) is 0 Å². The molecule has 90 valence electrons. The van der Waals surface area contributed by atoms with Crippen molar-refractivity contribution < 1.29 is 4.74 Å². The van der Waals surface area contributed by atoms with Crippen LogP contribution in [0.1, 0.15) is 57.4 Å². The summed E-state index contributed by atoms with van der Waals surface area (Å²) >= 11 is 0. The number of rotatable bonds is 7. The third kappa shape index (κ3) is 3.84. The van der Waals surface area contributed by atoms with E-state index in [1.165, 1.54) is 37.7 Å². The molecule has 0 bridgehead atoms. The fourth-order valence-corrected chi connectivity index (χ4v) is 2.07. The van der Waals surface area contributed by atoms with E-state index in [1.807, 2.05) is 6.20 Å². The molecule has 1 atom stereocenters. The van der Waals surface area contributed by atoms with E-state index in [1.54, 1.807) is 7.11 Å². The Bertz CT molecular complexity index is 299. The maximum atomic E-state index is 5.18. The van der Waals surface area contributed by atoms with E-state index in [2.05, 4.69) is 31.0 Å². The number of hydrogen-bond donors (Lipinski definition) is 0. The molecule has 0 radical (unpaired) electrons. The minimum atomic E-state index is 0.668. The van der Waals surface area contributed by atoms with Crippen LogP contribution in [-0.4, -0.2) is 12.1 Å². The standard InChI is InChI=1S/C14H23NO/c1-4-6-8-12(7-5-2)13-9-10-15-14(11-13)16-3/h9-12H,4-8H2,1-3H3. The van der Waals surface area contributed by atoms with Crippen LogP contribution < -0.4 is 4.74 Å². The molecule has 1 unspecified atom stereocenters. The van der Waals surface area contributed by atoms with Crippen molar-refractivity contribution in [1.29, 1.82) is 0 Å². The highest BCUT2D eigenvalue weighted by Crippen LogP contribution is 2.28. The van der Waals surface area contributed by atoms with Gasteiger partial charge in [-0.15, -0.1) is 0 Å². The van der Waals surface area contributed by atoms with Gasteiger partial charge in [-0.05, 0) is 30.4 Å². The first-order chi connectivity index (χ1) is 7.81. The first-order valence-electron chi connectivity index (χ1n) is 6.31. The van der Waals surface area contributed by atoms with E-state index >= 15 is 0 Å². The molecule has 1 heterocycles. The van der Waals surface area contributed by atoms with Gasteiger partial charge >= 0.3 is 0 Å². The van der Waals surface area contributed by atoms with Gasteiger partial charge in [0.25, 0.3) is 0 Å². The summed E-state index contributed by atoms with van der Waals surface area (Å²) in [5.74, 6) is 1.40. The summed E-state index contributed by atoms with van der Waals surface area (Å²) in [5, 5.41) is 0. The molecule has 0 spiro atoms. The van der Waals surface area contributed by atoms with Crippen LogP contribution in [0.5, 0.6) is 5.88 Å². The van der Waals surface area contributed by atoms with Gasteiger partial charge in [0.1, 0.15) is 0 Å². The van der Waals surface area contributed by atoms with Gasteiger partial charge in [0, 0.05) is 12.3 Å². The Labute approximate surface area is 99.0 Å². The molecule has 1 aromatic heterocycles. The van der Waals surface area contributed by atoms with Gasteiger partial charge in [0.2, 0.25) is 5.88 Å². The molecular weight excluding hydrogens is 198 g/mol. The third-order valence-electron chi connectivity index (χ3n) is 2.98. The SMILES string of the molecule is CCCCC(CCC)c1ccnc(OC)c1. The summed E-state index contributed by atoms with van der Waals surface area (Å²) in [6.45, 7) is 4.49. The predicted octanol–water partition coefficient (Wildman–Crippen LogP) is 4.16. The molecule has 0 aliphatic heterocycles. The van der Waals surface area contributed by atoms with E-state index in [0.29, 0.717) is 5.92 Å². The Morgan fingerprint density at radius 1 is 1.25 bits per heavy atom. The molecule has 0 saturated carbocycles. The van der Waals surface area contributed by atoms with Crippen molar-refractivity contribution in [3.63, 3.8) is 0 Å². The molecule has 16 heavy (non-hydrogen) atoms. The second-order valence-corrected chi connectivity index (χ2v) is 4.26. The van der Waals surface area contributed by atoms with Crippen LogP contribution >= 0.6 is 0 Å². The van der Waals surface area contributed by atoms with E-state index in [-0.39, 0.29) is 0 Å². The molecule has 0 saturated heterocycles. The molecule has 0 N–H and O–H groups in total. The van der Waals surface area contributed by atoms with Crippen LogP contribution in [0.3, 0.4) is 0 Å². The first kappa shape index (κ1) is 13.0. The van der Waals surface area contributed by atoms with E-state index in [9.17, 15) is 0 Å². The lowest BCUT2D eigenvalue weighted by Crippen LogP contribution is -2.00. The number of ether oxygens (including phenoxy) is 1. The van der Waals surface area contributed by atoms with Crippen molar-refractivity contribution in [2.24, 2.45) is 0 Å². The molecule has 0 aliphatic carbocycles. The summed E-state index contributed by atoms with van der Waals surface area (Å²) < 4.78 is 5.18. The van der Waals surface area contributed by atoms with Gasteiger partial charge < -0.3 is 4.74 Å². The lowest BCUT2D eigenvalue weighted by atomic mass is 9.90. The van der Waals surface area contributed by atoms with Gasteiger partial charge in [0.05, 0.1) is 7.11 Å². The number of pyridine rings is 1. The largest absolute Gasteiger partial charge is 0.481 e. The second kappa shape index (κ2) is 7.26. The minimum absolute atomic E-state index is 0.668. The quantitative estimate of drug-likeness (QED) is 0.689. The average molecular weight is 221 g/mol. The first-order valence-corrected chi connectivity index (χ1v) is 6.31. The Morgan fingerprint density at radius 3 is 2.69 bits per heavy atom. The molecule has 1 aromatic rings. The van der Waals surface area contributed by atoms with Crippen molar-refractivity contribution in [2.45, 2.75) is 51.9 Å². The average Bonchev–Trinajstić information content (AvgIpc) is 2.34. The number of nitrogens with zero attached hydrogens (tertiary/aromatic N) is 1. The van der Waals surface area contributed by atoms with Gasteiger partial charge in [-0.1, -0.05) is 33.1 Å². The molecule has 0 amide bonds. The van der Waals surface area contributed by atoms with Crippen LogP contribution in [0.25, 0.3) is 0 Å². The zero-order valence-electron chi connectivity index (χ0n) is 10.7. The summed E-state index contributed by atoms with van der Waals surface area (Å²) in [4.78, 5) is 4.16. The van der Waals surface area contributed by atoms with Gasteiger partial charge in [-0.25, -0.2) is 4.98 Å². The topological polar surface area (TPSA) is 22.1 Å². The monoisotopic (exact) mass is 221 g/mol. The van der Waals surface area contributed by atoms with Gasteiger partial charge in [0.15, 0.2) is 0 Å². The summed E-state index contributed by atoms with van der Waals surface area (Å²) in [5.41, 5.74) is 1.38. The number of hydrogen-bond acceptors (Lipinski definition) is 2. The van der Waals surface area contributed by atoms with Crippen molar-refractivity contribution in [2.75, 3.05) is 7.11 Å². The lowest BCUT2D eigenvalue weighted by Gasteiger charge is -2.16. The van der Waals surface area contributed by atoms with E-state index in [4.69, 9.17) is 4.74 Å². The van der Waals surface area contributed by atoms with Gasteiger partial charge in [-0.2, -0.15) is 0 Å². The molecular formula is C14H23NO. The summed E-state index contributed by atoms with van der Waals surface area (Å²) in [6, 6.07) is 4.20. The zero-order valence-corrected chi connectivity index (χ0v) is 10.7. The number of unbranched alkanes of at least 4 members (excludes halogenated alkanes) is 1. The second-order valence-electron chi connectivity index (χ2n) is 4.26. The third-order valence-corrected chi connectivity index (χ3v) is 2.98. The van der Waals surface area contributed by atoms with Gasteiger partial charge in [-0.3, -0.25) is 0 Å². The van der Waals surface area contributed by atoms with Crippen LogP contribution in [0.15, 0.2) is 18.3 Å². The Kier molecular flexibility index (Phi) is 5.91. The highest BCUT2D eigenvalue weighted by molar-refractivity contribution is 5.24. The fourth-order valence-electron chi connectivity index (χ4n) is 2.07. The minimum Gasteiger partial charge on any atom is -0.481 e. The van der Waals surface area contributed by atoms with Crippen molar-refractivity contribution in [3.8, 4) is 5.88 Å². The summed E-state index contributed by atoms with van der Waals surface area (Å²) in [7, 11) is 1.67. The maximum Gasteiger partial charge on any atom is 0.213 e. The molecule has 0 fully saturated rings. The summed E-state index contributed by atoms with van der Waals surface area (Å²) in [6.07, 6.45) is 8.18. The molecule has 1 rings (SSSR count). The van der Waals surface area contributed by atoms with Crippen LogP contribution in [0.2, 0.25) is 0 Å². The maximum absolute atomic E-state index is 5.18. The van der Waals surface area contributed by atoms with E-state index < -0.39 is 0 Å². The highest BCUT2D eigenvalue weighted by Gasteiger charge is 2.11. The normalized spacial score (nSPS) is 12.4. The Morgan fingerprint density at radius 2 is 2.06 bits per heavy atom. The van der Waals surface area contributed by atoms with Crippen LogP contribution in [0.4, 0.5) is 0 Å². The highest BCUT2D eigenvalue weighted by atomic mass is 16.5. The molecule has 2 nitrogen and oxygen atoms in total. The molecule has 0 aliphatic rings. The fraction of sp³-hybridized carbons (Fsp3) is 0.643. The number of aromatic nitrogens is 1. The number of methoxy groups -OCH3 is 1. The van der Waals surface area contributed by atoms with Crippen molar-refractivity contribution in [3.05, 3.63) is 23.9 Å². The Hall–Kier alpha value is -1.05. The van der Waals surface area contributed by atoms with Crippen molar-refractivity contribution in [1.82, 2.24) is 4.98 Å². The smallest absolute Gasteiger partial charge is 0.213 e.